The van der Waals surface area contributed by atoms with E-state index >= 15 is 0 Å². The van der Waals surface area contributed by atoms with Crippen LogP contribution in [0.4, 0.5) is 13.2 Å². The number of alkyl halides is 3. The Bertz CT molecular complexity index is 335. The summed E-state index contributed by atoms with van der Waals surface area (Å²) in [6.45, 7) is -1.77. The number of carbonyl (C=O) groups excluding carboxylic acids is 2. The number of hydrogen-bond donors (Lipinski definition) is 0. The Morgan fingerprint density at radius 3 is 2.50 bits per heavy atom. The number of cyclic esters (lactones) is 1. The van der Waals surface area contributed by atoms with Crippen molar-refractivity contribution >= 4 is 11.8 Å². The van der Waals surface area contributed by atoms with Crippen molar-refractivity contribution in [3.63, 3.8) is 0 Å². The number of halogens is 3. The van der Waals surface area contributed by atoms with Gasteiger partial charge in [-0.15, -0.1) is 0 Å². The van der Waals surface area contributed by atoms with Gasteiger partial charge in [0.25, 0.3) is 5.78 Å². The van der Waals surface area contributed by atoms with Crippen LogP contribution in [0.5, 0.6) is 0 Å². The molecular weight excluding hydrogens is 233 g/mol. The van der Waals surface area contributed by atoms with Gasteiger partial charge in [-0.05, 0) is 6.08 Å². The van der Waals surface area contributed by atoms with Crippen LogP contribution in [-0.4, -0.2) is 37.6 Å². The molecule has 0 aliphatic carbocycles. The SMILES string of the molecule is COC1(OCC(F)(F)F)OC(=O)C=CC1=O. The van der Waals surface area contributed by atoms with Crippen LogP contribution >= 0.6 is 0 Å². The van der Waals surface area contributed by atoms with E-state index in [9.17, 15) is 22.8 Å². The summed E-state index contributed by atoms with van der Waals surface area (Å²) in [5.74, 6) is -4.69. The molecule has 1 atom stereocenters. The van der Waals surface area contributed by atoms with Crippen molar-refractivity contribution in [1.29, 1.82) is 0 Å². The molecule has 0 saturated carbocycles. The van der Waals surface area contributed by atoms with Gasteiger partial charge in [0.1, 0.15) is 6.61 Å². The average molecular weight is 240 g/mol. The number of ketones is 1. The van der Waals surface area contributed by atoms with Gasteiger partial charge in [-0.2, -0.15) is 13.2 Å². The van der Waals surface area contributed by atoms with Gasteiger partial charge in [-0.1, -0.05) is 0 Å². The predicted molar refractivity (Wildman–Crippen MR) is 42.0 cm³/mol. The number of methoxy groups -OCH3 is 1. The molecule has 5 nitrogen and oxygen atoms in total. The smallest absolute Gasteiger partial charge is 0.398 e. The van der Waals surface area contributed by atoms with Crippen LogP contribution in [0.25, 0.3) is 0 Å². The van der Waals surface area contributed by atoms with E-state index in [1.165, 1.54) is 0 Å². The van der Waals surface area contributed by atoms with Crippen molar-refractivity contribution in [2.24, 2.45) is 0 Å². The summed E-state index contributed by atoms with van der Waals surface area (Å²) in [7, 11) is 0.890. The van der Waals surface area contributed by atoms with Crippen molar-refractivity contribution in [2.75, 3.05) is 13.7 Å². The van der Waals surface area contributed by atoms with E-state index in [2.05, 4.69) is 14.2 Å². The molecule has 90 valence electrons. The molecule has 1 aliphatic heterocycles. The van der Waals surface area contributed by atoms with E-state index < -0.39 is 30.5 Å². The van der Waals surface area contributed by atoms with Crippen LogP contribution in [0, 0.1) is 0 Å². The summed E-state index contributed by atoms with van der Waals surface area (Å²) in [6, 6.07) is 0. The number of ether oxygens (including phenoxy) is 3. The van der Waals surface area contributed by atoms with Crippen molar-refractivity contribution < 1.29 is 37.0 Å². The summed E-state index contributed by atoms with van der Waals surface area (Å²) in [6.07, 6.45) is -3.18. The first-order chi connectivity index (χ1) is 7.29. The summed E-state index contributed by atoms with van der Waals surface area (Å²) in [5.41, 5.74) is 0. The first-order valence-electron chi connectivity index (χ1n) is 4.00. The highest BCUT2D eigenvalue weighted by atomic mass is 19.4. The lowest BCUT2D eigenvalue weighted by Gasteiger charge is -2.30. The Balaban J connectivity index is 2.81. The molecule has 1 unspecified atom stereocenters. The number of carbonyl (C=O) groups is 2. The largest absolute Gasteiger partial charge is 0.412 e. The van der Waals surface area contributed by atoms with Crippen molar-refractivity contribution in [1.82, 2.24) is 0 Å². The van der Waals surface area contributed by atoms with Crippen LogP contribution in [0.2, 0.25) is 0 Å². The minimum Gasteiger partial charge on any atom is -0.398 e. The highest BCUT2D eigenvalue weighted by molar-refractivity contribution is 6.03. The second-order valence-electron chi connectivity index (χ2n) is 2.78. The predicted octanol–water partition coefficient (Wildman–Crippen LogP) is 0.548. The van der Waals surface area contributed by atoms with Crippen LogP contribution < -0.4 is 0 Å². The van der Waals surface area contributed by atoms with E-state index in [0.29, 0.717) is 0 Å². The molecule has 0 N–H and O–H groups in total. The van der Waals surface area contributed by atoms with Crippen molar-refractivity contribution in [3.05, 3.63) is 12.2 Å². The first kappa shape index (κ1) is 12.7. The zero-order chi connectivity index (χ0) is 12.4. The lowest BCUT2D eigenvalue weighted by molar-refractivity contribution is -0.348. The van der Waals surface area contributed by atoms with Gasteiger partial charge >= 0.3 is 18.1 Å². The Morgan fingerprint density at radius 1 is 1.38 bits per heavy atom. The molecule has 0 aromatic rings. The van der Waals surface area contributed by atoms with Crippen LogP contribution in [0.15, 0.2) is 12.2 Å². The monoisotopic (exact) mass is 240 g/mol. The van der Waals surface area contributed by atoms with E-state index in [-0.39, 0.29) is 0 Å². The lowest BCUT2D eigenvalue weighted by atomic mass is 10.2. The molecule has 8 heteroatoms. The van der Waals surface area contributed by atoms with Gasteiger partial charge in [0.05, 0.1) is 0 Å². The molecular formula is C8H7F3O5. The van der Waals surface area contributed by atoms with E-state index in [1.54, 1.807) is 0 Å². The van der Waals surface area contributed by atoms with Crippen molar-refractivity contribution in [2.45, 2.75) is 12.1 Å². The van der Waals surface area contributed by atoms with Crippen LogP contribution in [-0.2, 0) is 23.8 Å². The van der Waals surface area contributed by atoms with Crippen molar-refractivity contribution in [3.8, 4) is 0 Å². The highest BCUT2D eigenvalue weighted by Gasteiger charge is 2.48. The molecule has 1 rings (SSSR count). The summed E-state index contributed by atoms with van der Waals surface area (Å²) in [5, 5.41) is 0. The molecule has 0 spiro atoms. The maximum atomic E-state index is 11.9. The second-order valence-corrected chi connectivity index (χ2v) is 2.78. The molecule has 0 amide bonds. The molecule has 16 heavy (non-hydrogen) atoms. The van der Waals surface area contributed by atoms with Gasteiger partial charge < -0.3 is 14.2 Å². The minimum absolute atomic E-state index is 0.728. The zero-order valence-corrected chi connectivity index (χ0v) is 8.04. The molecule has 0 saturated heterocycles. The van der Waals surface area contributed by atoms with Crippen LogP contribution in [0.3, 0.4) is 0 Å². The molecule has 0 aromatic carbocycles. The lowest BCUT2D eigenvalue weighted by Crippen LogP contribution is -2.50. The summed E-state index contributed by atoms with van der Waals surface area (Å²) < 4.78 is 48.6. The topological polar surface area (TPSA) is 61.8 Å². The molecule has 0 aromatic heterocycles. The third kappa shape index (κ3) is 2.80. The van der Waals surface area contributed by atoms with E-state index in [0.717, 1.165) is 19.3 Å². The maximum absolute atomic E-state index is 11.9. The molecule has 0 fully saturated rings. The zero-order valence-electron chi connectivity index (χ0n) is 8.04. The Hall–Kier alpha value is -1.41. The first-order valence-corrected chi connectivity index (χ1v) is 4.00. The Labute approximate surface area is 87.8 Å². The highest BCUT2D eigenvalue weighted by Crippen LogP contribution is 2.25. The van der Waals surface area contributed by atoms with E-state index in [1.807, 2.05) is 0 Å². The summed E-state index contributed by atoms with van der Waals surface area (Å²) >= 11 is 0. The van der Waals surface area contributed by atoms with Gasteiger partial charge in [0.2, 0.25) is 0 Å². The van der Waals surface area contributed by atoms with Gasteiger partial charge in [0, 0.05) is 13.2 Å². The Morgan fingerprint density at radius 2 is 2.00 bits per heavy atom. The fraction of sp³-hybridized carbons (Fsp3) is 0.500. The van der Waals surface area contributed by atoms with Gasteiger partial charge in [0.15, 0.2) is 0 Å². The summed E-state index contributed by atoms with van der Waals surface area (Å²) in [4.78, 5) is 22.0. The average Bonchev–Trinajstić information content (AvgIpc) is 2.19. The van der Waals surface area contributed by atoms with Crippen LogP contribution in [0.1, 0.15) is 0 Å². The second kappa shape index (κ2) is 4.22. The molecule has 0 bridgehead atoms. The minimum atomic E-state index is -4.67. The third-order valence-corrected chi connectivity index (χ3v) is 1.60. The van der Waals surface area contributed by atoms with Gasteiger partial charge in [-0.3, -0.25) is 4.79 Å². The molecule has 1 heterocycles. The molecule has 1 aliphatic rings. The quantitative estimate of drug-likeness (QED) is 0.532. The standard InChI is InChI=1S/C8H7F3O5/c1-14-8(15-4-7(9,10)11)5(12)2-3-6(13)16-8/h2-3H,4H2,1H3. The third-order valence-electron chi connectivity index (χ3n) is 1.60. The number of esters is 1. The Kier molecular flexibility index (Phi) is 3.34. The fourth-order valence-corrected chi connectivity index (χ4v) is 0.941. The van der Waals surface area contributed by atoms with E-state index in [4.69, 9.17) is 0 Å². The molecule has 0 radical (unpaired) electrons. The normalized spacial score (nSPS) is 25.8. The maximum Gasteiger partial charge on any atom is 0.412 e. The number of rotatable bonds is 3. The number of hydrogen-bond acceptors (Lipinski definition) is 5. The van der Waals surface area contributed by atoms with Gasteiger partial charge in [-0.25, -0.2) is 4.79 Å². The fourth-order valence-electron chi connectivity index (χ4n) is 0.941.